The summed E-state index contributed by atoms with van der Waals surface area (Å²) in [6.07, 6.45) is 2.07. The van der Waals surface area contributed by atoms with Crippen molar-refractivity contribution in [2.45, 2.75) is 25.2 Å². The SMILES string of the molecule is Cc1cccc(C(=O)NCC2(c3ccc(F)cc3)CC2)c1. The Bertz CT molecular complexity index is 659. The molecule has 21 heavy (non-hydrogen) atoms. The highest BCUT2D eigenvalue weighted by molar-refractivity contribution is 5.94. The second kappa shape index (κ2) is 5.32. The van der Waals surface area contributed by atoms with Gasteiger partial charge >= 0.3 is 0 Å². The van der Waals surface area contributed by atoms with Crippen LogP contribution < -0.4 is 5.32 Å². The van der Waals surface area contributed by atoms with Crippen LogP contribution in [-0.4, -0.2) is 12.5 Å². The van der Waals surface area contributed by atoms with Crippen molar-refractivity contribution in [2.24, 2.45) is 0 Å². The maximum atomic E-state index is 13.0. The van der Waals surface area contributed by atoms with Crippen molar-refractivity contribution in [1.82, 2.24) is 5.32 Å². The van der Waals surface area contributed by atoms with Crippen LogP contribution in [0.2, 0.25) is 0 Å². The van der Waals surface area contributed by atoms with Gasteiger partial charge in [0.05, 0.1) is 0 Å². The normalized spacial score (nSPS) is 15.5. The number of hydrogen-bond acceptors (Lipinski definition) is 1. The minimum atomic E-state index is -0.224. The predicted octanol–water partition coefficient (Wildman–Crippen LogP) is 3.60. The molecule has 1 fully saturated rings. The van der Waals surface area contributed by atoms with Crippen molar-refractivity contribution in [3.8, 4) is 0 Å². The molecule has 2 aromatic rings. The van der Waals surface area contributed by atoms with Gasteiger partial charge in [-0.25, -0.2) is 4.39 Å². The maximum absolute atomic E-state index is 13.0. The zero-order valence-corrected chi connectivity index (χ0v) is 12.0. The van der Waals surface area contributed by atoms with Crippen LogP contribution >= 0.6 is 0 Å². The first-order chi connectivity index (χ1) is 10.1. The summed E-state index contributed by atoms with van der Waals surface area (Å²) < 4.78 is 13.0. The molecule has 0 saturated heterocycles. The fraction of sp³-hybridized carbons (Fsp3) is 0.278. The summed E-state index contributed by atoms with van der Waals surface area (Å²) in [4.78, 5) is 12.2. The quantitative estimate of drug-likeness (QED) is 0.912. The Morgan fingerprint density at radius 2 is 1.90 bits per heavy atom. The minimum absolute atomic E-state index is 0.00676. The summed E-state index contributed by atoms with van der Waals surface area (Å²) in [5.74, 6) is -0.273. The highest BCUT2D eigenvalue weighted by Crippen LogP contribution is 2.47. The molecule has 2 nitrogen and oxygen atoms in total. The number of rotatable bonds is 4. The van der Waals surface area contributed by atoms with E-state index in [0.29, 0.717) is 12.1 Å². The number of carbonyl (C=O) groups excluding carboxylic acids is 1. The molecule has 0 atom stereocenters. The van der Waals surface area contributed by atoms with Crippen molar-refractivity contribution in [3.63, 3.8) is 0 Å². The van der Waals surface area contributed by atoms with Crippen LogP contribution in [0.3, 0.4) is 0 Å². The van der Waals surface area contributed by atoms with Crippen LogP contribution in [-0.2, 0) is 5.41 Å². The molecule has 3 rings (SSSR count). The van der Waals surface area contributed by atoms with E-state index in [1.165, 1.54) is 12.1 Å². The first-order valence-electron chi connectivity index (χ1n) is 7.20. The molecule has 0 aromatic heterocycles. The Balaban J connectivity index is 1.67. The molecule has 0 bridgehead atoms. The van der Waals surface area contributed by atoms with Gasteiger partial charge in [-0.1, -0.05) is 29.8 Å². The number of nitrogens with one attached hydrogen (secondary N) is 1. The number of halogens is 1. The van der Waals surface area contributed by atoms with Gasteiger partial charge in [-0.15, -0.1) is 0 Å². The molecule has 108 valence electrons. The van der Waals surface area contributed by atoms with Gasteiger partial charge in [0.15, 0.2) is 0 Å². The third kappa shape index (κ3) is 2.97. The standard InChI is InChI=1S/C18H18FNO/c1-13-3-2-4-14(11-13)17(21)20-12-18(9-10-18)15-5-7-16(19)8-6-15/h2-8,11H,9-10,12H2,1H3,(H,20,21). The van der Waals surface area contributed by atoms with E-state index in [1.54, 1.807) is 0 Å². The van der Waals surface area contributed by atoms with Crippen molar-refractivity contribution in [2.75, 3.05) is 6.54 Å². The number of hydrogen-bond donors (Lipinski definition) is 1. The van der Waals surface area contributed by atoms with Crippen LogP contribution in [0.25, 0.3) is 0 Å². The zero-order chi connectivity index (χ0) is 14.9. The summed E-state index contributed by atoms with van der Waals surface area (Å²) in [6, 6.07) is 14.2. The molecule has 1 aliphatic rings. The third-order valence-corrected chi connectivity index (χ3v) is 4.18. The Labute approximate surface area is 124 Å². The van der Waals surface area contributed by atoms with Crippen molar-refractivity contribution in [1.29, 1.82) is 0 Å². The van der Waals surface area contributed by atoms with Gasteiger partial charge < -0.3 is 5.32 Å². The van der Waals surface area contributed by atoms with Gasteiger partial charge in [0, 0.05) is 17.5 Å². The second-order valence-corrected chi connectivity index (χ2v) is 5.84. The Morgan fingerprint density at radius 3 is 2.52 bits per heavy atom. The van der Waals surface area contributed by atoms with E-state index in [0.717, 1.165) is 24.0 Å². The topological polar surface area (TPSA) is 29.1 Å². The molecule has 0 aliphatic heterocycles. The largest absolute Gasteiger partial charge is 0.351 e. The van der Waals surface area contributed by atoms with E-state index in [1.807, 2.05) is 43.3 Å². The zero-order valence-electron chi connectivity index (χ0n) is 12.0. The van der Waals surface area contributed by atoms with E-state index in [-0.39, 0.29) is 17.1 Å². The van der Waals surface area contributed by atoms with Crippen molar-refractivity contribution >= 4 is 5.91 Å². The van der Waals surface area contributed by atoms with Gasteiger partial charge in [-0.2, -0.15) is 0 Å². The molecule has 1 N–H and O–H groups in total. The molecule has 1 saturated carbocycles. The lowest BCUT2D eigenvalue weighted by Crippen LogP contribution is -2.32. The molecule has 0 spiro atoms. The summed E-state index contributed by atoms with van der Waals surface area (Å²) >= 11 is 0. The van der Waals surface area contributed by atoms with Gasteiger partial charge in [0.25, 0.3) is 5.91 Å². The summed E-state index contributed by atoms with van der Waals surface area (Å²) in [7, 11) is 0. The van der Waals surface area contributed by atoms with E-state index >= 15 is 0 Å². The molecular weight excluding hydrogens is 265 g/mol. The monoisotopic (exact) mass is 283 g/mol. The first kappa shape index (κ1) is 13.8. The average molecular weight is 283 g/mol. The van der Waals surface area contributed by atoms with Crippen LogP contribution in [0.1, 0.15) is 34.3 Å². The van der Waals surface area contributed by atoms with Crippen LogP contribution in [0.15, 0.2) is 48.5 Å². The van der Waals surface area contributed by atoms with E-state index < -0.39 is 0 Å². The average Bonchev–Trinajstić information content (AvgIpc) is 3.27. The minimum Gasteiger partial charge on any atom is -0.351 e. The van der Waals surface area contributed by atoms with Crippen molar-refractivity contribution < 1.29 is 9.18 Å². The van der Waals surface area contributed by atoms with E-state index in [4.69, 9.17) is 0 Å². The van der Waals surface area contributed by atoms with E-state index in [9.17, 15) is 9.18 Å². The lowest BCUT2D eigenvalue weighted by Gasteiger charge is -2.16. The van der Waals surface area contributed by atoms with Gasteiger partial charge in [-0.05, 0) is 49.6 Å². The summed E-state index contributed by atoms with van der Waals surface area (Å²) in [6.45, 7) is 2.57. The van der Waals surface area contributed by atoms with Gasteiger partial charge in [0.2, 0.25) is 0 Å². The van der Waals surface area contributed by atoms with E-state index in [2.05, 4.69) is 5.32 Å². The van der Waals surface area contributed by atoms with Crippen LogP contribution in [0, 0.1) is 12.7 Å². The Morgan fingerprint density at radius 1 is 1.19 bits per heavy atom. The first-order valence-corrected chi connectivity index (χ1v) is 7.20. The molecule has 0 radical (unpaired) electrons. The maximum Gasteiger partial charge on any atom is 0.251 e. The summed E-state index contributed by atoms with van der Waals surface area (Å²) in [5.41, 5.74) is 2.85. The number of amides is 1. The van der Waals surface area contributed by atoms with Gasteiger partial charge in [0.1, 0.15) is 5.82 Å². The highest BCUT2D eigenvalue weighted by Gasteiger charge is 2.44. The lowest BCUT2D eigenvalue weighted by molar-refractivity contribution is 0.0949. The molecule has 0 unspecified atom stereocenters. The van der Waals surface area contributed by atoms with Crippen LogP contribution in [0.4, 0.5) is 4.39 Å². The fourth-order valence-electron chi connectivity index (χ4n) is 2.66. The molecular formula is C18H18FNO. The Hall–Kier alpha value is -2.16. The second-order valence-electron chi connectivity index (χ2n) is 5.84. The molecule has 0 heterocycles. The molecule has 1 aliphatic carbocycles. The molecule has 3 heteroatoms. The lowest BCUT2D eigenvalue weighted by atomic mass is 9.96. The number of benzene rings is 2. The fourth-order valence-corrected chi connectivity index (χ4v) is 2.66. The smallest absolute Gasteiger partial charge is 0.251 e. The highest BCUT2D eigenvalue weighted by atomic mass is 19.1. The van der Waals surface area contributed by atoms with Gasteiger partial charge in [-0.3, -0.25) is 4.79 Å². The van der Waals surface area contributed by atoms with Crippen LogP contribution in [0.5, 0.6) is 0 Å². The Kier molecular flexibility index (Phi) is 3.50. The molecule has 2 aromatic carbocycles. The molecule has 1 amide bonds. The summed E-state index contributed by atoms with van der Waals surface area (Å²) in [5, 5.41) is 3.01. The van der Waals surface area contributed by atoms with Crippen molar-refractivity contribution in [3.05, 3.63) is 71.0 Å². The number of carbonyl (C=O) groups is 1. The third-order valence-electron chi connectivity index (χ3n) is 4.18. The predicted molar refractivity (Wildman–Crippen MR) is 80.8 cm³/mol. The number of aryl methyl sites for hydroxylation is 1.